The summed E-state index contributed by atoms with van der Waals surface area (Å²) in [6, 6.07) is 19.2. The summed E-state index contributed by atoms with van der Waals surface area (Å²) in [5.41, 5.74) is 1.10. The number of pyridine rings is 1. The first-order valence-corrected chi connectivity index (χ1v) is 10.4. The molecule has 0 bridgehead atoms. The van der Waals surface area contributed by atoms with Crippen LogP contribution in [0.5, 0.6) is 5.75 Å². The molecule has 0 saturated carbocycles. The molecule has 0 saturated heterocycles. The molecule has 0 atom stereocenters. The van der Waals surface area contributed by atoms with Gasteiger partial charge in [-0.2, -0.15) is 13.2 Å². The minimum atomic E-state index is -4.64. The molecule has 0 radical (unpaired) electrons. The van der Waals surface area contributed by atoms with Crippen molar-refractivity contribution in [3.05, 3.63) is 88.9 Å². The number of alkyl halides is 3. The van der Waals surface area contributed by atoms with Crippen LogP contribution in [-0.2, 0) is 6.18 Å². The van der Waals surface area contributed by atoms with Crippen molar-refractivity contribution in [1.29, 1.82) is 0 Å². The number of nitrogens with zero attached hydrogens (tertiary/aromatic N) is 1. The summed E-state index contributed by atoms with van der Waals surface area (Å²) in [4.78, 5) is 17.8. The van der Waals surface area contributed by atoms with Gasteiger partial charge in [-0.1, -0.05) is 41.9 Å². The molecule has 168 valence electrons. The zero-order valence-electron chi connectivity index (χ0n) is 17.4. The molecule has 8 heteroatoms. The molecule has 0 aliphatic rings. The second-order valence-electron chi connectivity index (χ2n) is 7.18. The van der Waals surface area contributed by atoms with Crippen LogP contribution in [0.15, 0.2) is 72.8 Å². The molecule has 0 aliphatic heterocycles. The van der Waals surface area contributed by atoms with E-state index in [0.29, 0.717) is 29.0 Å². The largest absolute Gasteiger partial charge is 0.494 e. The molecule has 0 unspecified atom stereocenters. The number of anilines is 1. The molecule has 4 aromatic rings. The van der Waals surface area contributed by atoms with Crippen LogP contribution >= 0.6 is 11.6 Å². The maximum absolute atomic E-state index is 13.2. The van der Waals surface area contributed by atoms with Gasteiger partial charge in [0.2, 0.25) is 0 Å². The maximum Gasteiger partial charge on any atom is 0.417 e. The first-order valence-electron chi connectivity index (χ1n) is 10.1. The second-order valence-corrected chi connectivity index (χ2v) is 7.59. The van der Waals surface area contributed by atoms with Crippen LogP contribution in [0.1, 0.15) is 22.8 Å². The summed E-state index contributed by atoms with van der Waals surface area (Å²) < 4.78 is 45.2. The molecule has 33 heavy (non-hydrogen) atoms. The fourth-order valence-electron chi connectivity index (χ4n) is 3.44. The first kappa shape index (κ1) is 22.6. The molecule has 4 rings (SSSR count). The highest BCUT2D eigenvalue weighted by Crippen LogP contribution is 2.36. The average Bonchev–Trinajstić information content (AvgIpc) is 2.79. The van der Waals surface area contributed by atoms with Crippen molar-refractivity contribution in [2.45, 2.75) is 13.1 Å². The normalized spacial score (nSPS) is 11.4. The number of fused-ring (bicyclic) bond motifs is 1. The standard InChI is InChI=1S/C25H18ClF3N2O2/c1-2-33-17-7-5-6-15(12-17)23-14-19(18-8-3-4-9-22(18)31-23)24(32)30-16-10-11-21(26)20(13-16)25(27,28)29/h3-14H,2H2,1H3,(H,30,32). The van der Waals surface area contributed by atoms with Crippen molar-refractivity contribution in [2.75, 3.05) is 11.9 Å². The molecule has 0 spiro atoms. The molecule has 1 heterocycles. The van der Waals surface area contributed by atoms with Crippen LogP contribution in [-0.4, -0.2) is 17.5 Å². The van der Waals surface area contributed by atoms with Gasteiger partial charge in [-0.05, 0) is 49.4 Å². The van der Waals surface area contributed by atoms with Gasteiger partial charge < -0.3 is 10.1 Å². The van der Waals surface area contributed by atoms with Crippen molar-refractivity contribution >= 4 is 34.1 Å². The third-order valence-corrected chi connectivity index (χ3v) is 5.26. The van der Waals surface area contributed by atoms with Crippen LogP contribution in [0.25, 0.3) is 22.2 Å². The number of para-hydroxylation sites is 1. The smallest absolute Gasteiger partial charge is 0.417 e. The minimum Gasteiger partial charge on any atom is -0.494 e. The molecular formula is C25H18ClF3N2O2. The fourth-order valence-corrected chi connectivity index (χ4v) is 3.67. The monoisotopic (exact) mass is 470 g/mol. The van der Waals surface area contributed by atoms with E-state index in [-0.39, 0.29) is 11.3 Å². The van der Waals surface area contributed by atoms with E-state index in [0.717, 1.165) is 17.7 Å². The van der Waals surface area contributed by atoms with Gasteiger partial charge in [-0.15, -0.1) is 0 Å². The lowest BCUT2D eigenvalue weighted by atomic mass is 10.0. The average molecular weight is 471 g/mol. The number of halogens is 4. The quantitative estimate of drug-likeness (QED) is 0.335. The number of aromatic nitrogens is 1. The number of carbonyl (C=O) groups excluding carboxylic acids is 1. The number of benzene rings is 3. The van der Waals surface area contributed by atoms with Gasteiger partial charge in [0.05, 0.1) is 34.0 Å². The van der Waals surface area contributed by atoms with E-state index in [4.69, 9.17) is 16.3 Å². The summed E-state index contributed by atoms with van der Waals surface area (Å²) in [6.45, 7) is 2.38. The summed E-state index contributed by atoms with van der Waals surface area (Å²) in [5.74, 6) is 0.100. The van der Waals surface area contributed by atoms with Crippen LogP contribution in [0, 0.1) is 0 Å². The number of amides is 1. The predicted octanol–water partition coefficient (Wildman–Crippen LogP) is 7.23. The topological polar surface area (TPSA) is 51.2 Å². The van der Waals surface area contributed by atoms with Crippen molar-refractivity contribution in [3.63, 3.8) is 0 Å². The first-order chi connectivity index (χ1) is 15.8. The van der Waals surface area contributed by atoms with E-state index in [9.17, 15) is 18.0 Å². The van der Waals surface area contributed by atoms with Crippen molar-refractivity contribution < 1.29 is 22.7 Å². The molecule has 1 aromatic heterocycles. The van der Waals surface area contributed by atoms with Crippen LogP contribution in [0.2, 0.25) is 5.02 Å². The Morgan fingerprint density at radius 3 is 2.58 bits per heavy atom. The predicted molar refractivity (Wildman–Crippen MR) is 123 cm³/mol. The lowest BCUT2D eigenvalue weighted by Gasteiger charge is -2.13. The Hall–Kier alpha value is -3.58. The molecule has 3 aromatic carbocycles. The number of carbonyl (C=O) groups is 1. The third-order valence-electron chi connectivity index (χ3n) is 4.93. The van der Waals surface area contributed by atoms with Crippen LogP contribution in [0.4, 0.5) is 18.9 Å². The van der Waals surface area contributed by atoms with E-state index in [1.807, 2.05) is 31.2 Å². The van der Waals surface area contributed by atoms with E-state index in [1.165, 1.54) is 6.07 Å². The maximum atomic E-state index is 13.2. The Labute approximate surface area is 193 Å². The Balaban J connectivity index is 1.76. The van der Waals surface area contributed by atoms with Gasteiger partial charge in [0.15, 0.2) is 0 Å². The van der Waals surface area contributed by atoms with E-state index in [1.54, 1.807) is 30.3 Å². The molecule has 0 fully saturated rings. The Morgan fingerprint density at radius 2 is 1.82 bits per heavy atom. The summed E-state index contributed by atoms with van der Waals surface area (Å²) >= 11 is 5.69. The van der Waals surface area contributed by atoms with Crippen molar-refractivity contribution in [1.82, 2.24) is 4.98 Å². The molecule has 0 aliphatic carbocycles. The number of hydrogen-bond acceptors (Lipinski definition) is 3. The van der Waals surface area contributed by atoms with Crippen molar-refractivity contribution in [3.8, 4) is 17.0 Å². The highest BCUT2D eigenvalue weighted by atomic mass is 35.5. The highest BCUT2D eigenvalue weighted by Gasteiger charge is 2.33. The second kappa shape index (κ2) is 9.11. The molecule has 1 amide bonds. The lowest BCUT2D eigenvalue weighted by Crippen LogP contribution is -2.14. The van der Waals surface area contributed by atoms with Crippen LogP contribution in [0.3, 0.4) is 0 Å². The number of hydrogen-bond donors (Lipinski definition) is 1. The fraction of sp³-hybridized carbons (Fsp3) is 0.120. The number of nitrogens with one attached hydrogen (secondary N) is 1. The van der Waals surface area contributed by atoms with Gasteiger partial charge >= 0.3 is 6.18 Å². The zero-order chi connectivity index (χ0) is 23.6. The van der Waals surface area contributed by atoms with E-state index < -0.39 is 22.7 Å². The molecule has 4 nitrogen and oxygen atoms in total. The van der Waals surface area contributed by atoms with Gasteiger partial charge in [0.1, 0.15) is 5.75 Å². The molecular weight excluding hydrogens is 453 g/mol. The number of rotatable bonds is 5. The van der Waals surface area contributed by atoms with Gasteiger partial charge in [0.25, 0.3) is 5.91 Å². The zero-order valence-corrected chi connectivity index (χ0v) is 18.2. The summed E-state index contributed by atoms with van der Waals surface area (Å²) in [5, 5.41) is 2.69. The van der Waals surface area contributed by atoms with Gasteiger partial charge in [-0.25, -0.2) is 4.98 Å². The van der Waals surface area contributed by atoms with E-state index in [2.05, 4.69) is 10.3 Å². The molecule has 1 N–H and O–H groups in total. The number of ether oxygens (including phenoxy) is 1. The van der Waals surface area contributed by atoms with Crippen molar-refractivity contribution in [2.24, 2.45) is 0 Å². The lowest BCUT2D eigenvalue weighted by molar-refractivity contribution is -0.137. The summed E-state index contributed by atoms with van der Waals surface area (Å²) in [6.07, 6.45) is -4.64. The van der Waals surface area contributed by atoms with E-state index >= 15 is 0 Å². The minimum absolute atomic E-state index is 0.0162. The third kappa shape index (κ3) is 4.93. The Morgan fingerprint density at radius 1 is 1.03 bits per heavy atom. The highest BCUT2D eigenvalue weighted by molar-refractivity contribution is 6.31. The summed E-state index contributed by atoms with van der Waals surface area (Å²) in [7, 11) is 0. The van der Waals surface area contributed by atoms with Gasteiger partial charge in [0, 0.05) is 16.6 Å². The SMILES string of the molecule is CCOc1cccc(-c2cc(C(=O)Nc3ccc(Cl)c(C(F)(F)F)c3)c3ccccc3n2)c1. The Kier molecular flexibility index (Phi) is 6.24. The Bertz CT molecular complexity index is 1340. The van der Waals surface area contributed by atoms with Gasteiger partial charge in [-0.3, -0.25) is 4.79 Å². The van der Waals surface area contributed by atoms with Crippen LogP contribution < -0.4 is 10.1 Å².